The molecule has 0 saturated heterocycles. The Morgan fingerprint density at radius 2 is 1.93 bits per heavy atom. The first-order chi connectivity index (χ1) is 13.0. The third kappa shape index (κ3) is 3.21. The summed E-state index contributed by atoms with van der Waals surface area (Å²) in [7, 11) is 0. The topological polar surface area (TPSA) is 81.2 Å². The van der Waals surface area contributed by atoms with Gasteiger partial charge in [-0.3, -0.25) is 4.79 Å². The van der Waals surface area contributed by atoms with Crippen LogP contribution in [0.25, 0.3) is 22.6 Å². The molecule has 3 aromatic heterocycles. The van der Waals surface area contributed by atoms with Crippen molar-refractivity contribution in [3.8, 4) is 11.5 Å². The number of fused-ring (bicyclic) bond motifs is 1. The molecule has 0 aliphatic heterocycles. The molecule has 0 bridgehead atoms. The number of nitrogens with zero attached hydrogens (tertiary/aromatic N) is 2. The number of anilines is 1. The Hall–Kier alpha value is -3.41. The van der Waals surface area contributed by atoms with Crippen LogP contribution in [-0.4, -0.2) is 16.0 Å². The first kappa shape index (κ1) is 17.0. The zero-order valence-corrected chi connectivity index (χ0v) is 15.3. The van der Waals surface area contributed by atoms with Crippen LogP contribution in [-0.2, 0) is 0 Å². The normalized spacial score (nSPS) is 11.3. The average molecular weight is 361 g/mol. The van der Waals surface area contributed by atoms with Crippen LogP contribution in [0, 0.1) is 6.92 Å². The second-order valence-electron chi connectivity index (χ2n) is 6.71. The molecule has 0 aliphatic carbocycles. The summed E-state index contributed by atoms with van der Waals surface area (Å²) in [5, 5.41) is 7.49. The van der Waals surface area contributed by atoms with E-state index in [0.29, 0.717) is 39.7 Å². The molecule has 4 rings (SSSR count). The summed E-state index contributed by atoms with van der Waals surface area (Å²) >= 11 is 0. The Morgan fingerprint density at radius 1 is 1.15 bits per heavy atom. The molecule has 4 aromatic rings. The molecule has 3 heterocycles. The predicted octanol–water partition coefficient (Wildman–Crippen LogP) is 5.17. The van der Waals surface area contributed by atoms with E-state index in [1.807, 2.05) is 24.3 Å². The van der Waals surface area contributed by atoms with E-state index < -0.39 is 0 Å². The van der Waals surface area contributed by atoms with E-state index in [4.69, 9.17) is 8.94 Å². The largest absolute Gasteiger partial charge is 0.463 e. The number of nitrogens with one attached hydrogen (secondary N) is 1. The van der Waals surface area contributed by atoms with Gasteiger partial charge in [0.25, 0.3) is 11.6 Å². The van der Waals surface area contributed by atoms with Crippen molar-refractivity contribution in [2.45, 2.75) is 26.7 Å². The van der Waals surface area contributed by atoms with Crippen LogP contribution < -0.4 is 5.32 Å². The van der Waals surface area contributed by atoms with Crippen molar-refractivity contribution in [3.63, 3.8) is 0 Å². The van der Waals surface area contributed by atoms with Gasteiger partial charge in [-0.05, 0) is 48.7 Å². The molecule has 6 heteroatoms. The fourth-order valence-electron chi connectivity index (χ4n) is 2.97. The van der Waals surface area contributed by atoms with Crippen molar-refractivity contribution in [2.75, 3.05) is 5.32 Å². The van der Waals surface area contributed by atoms with Gasteiger partial charge in [-0.1, -0.05) is 31.1 Å². The lowest BCUT2D eigenvalue weighted by molar-refractivity contribution is 0.102. The first-order valence-electron chi connectivity index (χ1n) is 8.75. The number of furan rings is 1. The van der Waals surface area contributed by atoms with Gasteiger partial charge in [-0.2, -0.15) is 0 Å². The molecule has 0 radical (unpaired) electrons. The van der Waals surface area contributed by atoms with Crippen molar-refractivity contribution >= 4 is 22.7 Å². The van der Waals surface area contributed by atoms with Gasteiger partial charge in [0.05, 0.1) is 22.9 Å². The van der Waals surface area contributed by atoms with Crippen LogP contribution in [0.15, 0.2) is 57.7 Å². The maximum Gasteiger partial charge on any atom is 0.259 e. The number of benzene rings is 1. The zero-order chi connectivity index (χ0) is 19.0. The number of carbonyl (C=O) groups excluding carboxylic acids is 1. The number of rotatable bonds is 4. The highest BCUT2D eigenvalue weighted by Gasteiger charge is 2.20. The molecule has 0 fully saturated rings. The number of hydrogen-bond acceptors (Lipinski definition) is 5. The van der Waals surface area contributed by atoms with Crippen molar-refractivity contribution < 1.29 is 13.7 Å². The Labute approximate surface area is 156 Å². The Kier molecular flexibility index (Phi) is 4.24. The van der Waals surface area contributed by atoms with Gasteiger partial charge in [0, 0.05) is 5.69 Å². The average Bonchev–Trinajstić information content (AvgIpc) is 3.32. The number of carbonyl (C=O) groups is 1. The second kappa shape index (κ2) is 6.72. The number of amides is 1. The maximum atomic E-state index is 13.0. The van der Waals surface area contributed by atoms with E-state index in [-0.39, 0.29) is 5.91 Å². The van der Waals surface area contributed by atoms with E-state index in [9.17, 15) is 4.79 Å². The van der Waals surface area contributed by atoms with Gasteiger partial charge in [0.2, 0.25) is 0 Å². The summed E-state index contributed by atoms with van der Waals surface area (Å²) in [6, 6.07) is 13.1. The zero-order valence-electron chi connectivity index (χ0n) is 15.3. The van der Waals surface area contributed by atoms with Gasteiger partial charge < -0.3 is 14.3 Å². The van der Waals surface area contributed by atoms with Crippen LogP contribution in [0.1, 0.15) is 41.4 Å². The molecule has 0 atom stereocenters. The summed E-state index contributed by atoms with van der Waals surface area (Å²) in [5.41, 5.74) is 3.82. The van der Waals surface area contributed by atoms with E-state index in [1.165, 1.54) is 5.56 Å². The van der Waals surface area contributed by atoms with Crippen LogP contribution in [0.5, 0.6) is 0 Å². The minimum atomic E-state index is -0.251. The number of aromatic nitrogens is 2. The molecule has 0 aliphatic rings. The molecule has 0 spiro atoms. The standard InChI is InChI=1S/C21H19N3O3/c1-12(2)14-6-8-15(9-7-14)22-20(25)16-11-17(18-5-4-10-26-18)23-21-19(16)13(3)24-27-21/h4-12H,1-3H3,(H,22,25). The van der Waals surface area contributed by atoms with Crippen LogP contribution in [0.3, 0.4) is 0 Å². The Balaban J connectivity index is 1.73. The molecule has 0 unspecified atom stereocenters. The van der Waals surface area contributed by atoms with Crippen molar-refractivity contribution in [1.29, 1.82) is 0 Å². The molecule has 136 valence electrons. The molecular formula is C21H19N3O3. The summed E-state index contributed by atoms with van der Waals surface area (Å²) in [6.07, 6.45) is 1.56. The fourth-order valence-corrected chi connectivity index (χ4v) is 2.97. The lowest BCUT2D eigenvalue weighted by Gasteiger charge is -2.09. The minimum absolute atomic E-state index is 0.251. The van der Waals surface area contributed by atoms with E-state index in [0.717, 1.165) is 5.69 Å². The summed E-state index contributed by atoms with van der Waals surface area (Å²) in [5.74, 6) is 0.741. The molecule has 1 amide bonds. The SMILES string of the molecule is Cc1noc2nc(-c3ccco3)cc(C(=O)Nc3ccc(C(C)C)cc3)c12. The van der Waals surface area contributed by atoms with Gasteiger partial charge in [0.1, 0.15) is 5.69 Å². The lowest BCUT2D eigenvalue weighted by atomic mass is 10.0. The quantitative estimate of drug-likeness (QED) is 0.542. The van der Waals surface area contributed by atoms with Gasteiger partial charge in [-0.25, -0.2) is 4.98 Å². The number of pyridine rings is 1. The Morgan fingerprint density at radius 3 is 2.59 bits per heavy atom. The molecule has 27 heavy (non-hydrogen) atoms. The van der Waals surface area contributed by atoms with Crippen molar-refractivity contribution in [3.05, 3.63) is 65.5 Å². The molecular weight excluding hydrogens is 342 g/mol. The monoisotopic (exact) mass is 361 g/mol. The van der Waals surface area contributed by atoms with Crippen LogP contribution >= 0.6 is 0 Å². The molecule has 0 saturated carbocycles. The van der Waals surface area contributed by atoms with E-state index >= 15 is 0 Å². The lowest BCUT2D eigenvalue weighted by Crippen LogP contribution is -2.13. The second-order valence-corrected chi connectivity index (χ2v) is 6.71. The molecule has 1 aromatic carbocycles. The first-order valence-corrected chi connectivity index (χ1v) is 8.75. The number of hydrogen-bond donors (Lipinski definition) is 1. The molecule has 1 N–H and O–H groups in total. The predicted molar refractivity (Wildman–Crippen MR) is 103 cm³/mol. The third-order valence-electron chi connectivity index (χ3n) is 4.47. The smallest absolute Gasteiger partial charge is 0.259 e. The van der Waals surface area contributed by atoms with E-state index in [2.05, 4.69) is 29.3 Å². The third-order valence-corrected chi connectivity index (χ3v) is 4.47. The highest BCUT2D eigenvalue weighted by atomic mass is 16.5. The molecule has 6 nitrogen and oxygen atoms in total. The maximum absolute atomic E-state index is 13.0. The highest BCUT2D eigenvalue weighted by Crippen LogP contribution is 2.28. The van der Waals surface area contributed by atoms with Gasteiger partial charge >= 0.3 is 0 Å². The van der Waals surface area contributed by atoms with Gasteiger partial charge in [-0.15, -0.1) is 0 Å². The summed E-state index contributed by atoms with van der Waals surface area (Å²) < 4.78 is 10.7. The van der Waals surface area contributed by atoms with Gasteiger partial charge in [0.15, 0.2) is 5.76 Å². The summed E-state index contributed by atoms with van der Waals surface area (Å²) in [4.78, 5) is 17.4. The summed E-state index contributed by atoms with van der Waals surface area (Å²) in [6.45, 7) is 6.05. The minimum Gasteiger partial charge on any atom is -0.463 e. The van der Waals surface area contributed by atoms with Crippen molar-refractivity contribution in [2.24, 2.45) is 0 Å². The van der Waals surface area contributed by atoms with Crippen LogP contribution in [0.2, 0.25) is 0 Å². The fraction of sp³-hybridized carbons (Fsp3) is 0.190. The van der Waals surface area contributed by atoms with E-state index in [1.54, 1.807) is 31.4 Å². The number of aryl methyl sites for hydroxylation is 1. The van der Waals surface area contributed by atoms with Crippen LogP contribution in [0.4, 0.5) is 5.69 Å². The van der Waals surface area contributed by atoms with Crippen molar-refractivity contribution in [1.82, 2.24) is 10.1 Å². The highest BCUT2D eigenvalue weighted by molar-refractivity contribution is 6.12. The Bertz CT molecular complexity index is 1090.